The SMILES string of the molecule is C=C1CCCC(C(C)C)N1. The standard InChI is InChI=1S/C9H17N/c1-7(2)9-6-4-5-8(3)10-9/h7,9-10H,3-6H2,1-2H3. The number of nitrogens with one attached hydrogen (secondary N) is 1. The van der Waals surface area contributed by atoms with Crippen LogP contribution in [0.3, 0.4) is 0 Å². The van der Waals surface area contributed by atoms with Gasteiger partial charge in [0.25, 0.3) is 0 Å². The summed E-state index contributed by atoms with van der Waals surface area (Å²) in [6, 6.07) is 0.682. The Hall–Kier alpha value is -0.460. The molecule has 1 nitrogen and oxygen atoms in total. The highest BCUT2D eigenvalue weighted by molar-refractivity contribution is 4.98. The summed E-state index contributed by atoms with van der Waals surface area (Å²) in [7, 11) is 0. The summed E-state index contributed by atoms with van der Waals surface area (Å²) in [4.78, 5) is 0. The lowest BCUT2D eigenvalue weighted by Crippen LogP contribution is -2.35. The zero-order chi connectivity index (χ0) is 7.56. The first-order valence-electron chi connectivity index (χ1n) is 4.14. The van der Waals surface area contributed by atoms with E-state index in [4.69, 9.17) is 0 Å². The van der Waals surface area contributed by atoms with E-state index in [9.17, 15) is 0 Å². The van der Waals surface area contributed by atoms with Crippen molar-refractivity contribution >= 4 is 0 Å². The molecule has 10 heavy (non-hydrogen) atoms. The minimum atomic E-state index is 0.682. The van der Waals surface area contributed by atoms with Crippen LogP contribution in [0.1, 0.15) is 33.1 Å². The van der Waals surface area contributed by atoms with Crippen molar-refractivity contribution < 1.29 is 0 Å². The molecule has 0 saturated carbocycles. The summed E-state index contributed by atoms with van der Waals surface area (Å²) in [5.74, 6) is 0.747. The number of rotatable bonds is 1. The van der Waals surface area contributed by atoms with Gasteiger partial charge in [0.15, 0.2) is 0 Å². The highest BCUT2D eigenvalue weighted by Crippen LogP contribution is 2.18. The molecule has 0 aliphatic carbocycles. The Morgan fingerprint density at radius 2 is 2.30 bits per heavy atom. The third-order valence-corrected chi connectivity index (χ3v) is 2.19. The Kier molecular flexibility index (Phi) is 2.36. The van der Waals surface area contributed by atoms with E-state index in [0.29, 0.717) is 6.04 Å². The average Bonchev–Trinajstić information content (AvgIpc) is 1.88. The van der Waals surface area contributed by atoms with Gasteiger partial charge in [0.2, 0.25) is 0 Å². The van der Waals surface area contributed by atoms with E-state index in [1.165, 1.54) is 25.0 Å². The van der Waals surface area contributed by atoms with E-state index in [2.05, 4.69) is 25.7 Å². The van der Waals surface area contributed by atoms with Crippen LogP contribution in [0, 0.1) is 5.92 Å². The number of hydrogen-bond acceptors (Lipinski definition) is 1. The first-order valence-corrected chi connectivity index (χ1v) is 4.14. The Labute approximate surface area is 63.5 Å². The molecule has 0 amide bonds. The fourth-order valence-electron chi connectivity index (χ4n) is 1.44. The van der Waals surface area contributed by atoms with E-state index < -0.39 is 0 Å². The highest BCUT2D eigenvalue weighted by atomic mass is 14.9. The molecule has 1 unspecified atom stereocenters. The number of allylic oxidation sites excluding steroid dienone is 1. The lowest BCUT2D eigenvalue weighted by atomic mass is 9.94. The van der Waals surface area contributed by atoms with Gasteiger partial charge in [-0.1, -0.05) is 20.4 Å². The van der Waals surface area contributed by atoms with Gasteiger partial charge in [-0.2, -0.15) is 0 Å². The second-order valence-electron chi connectivity index (χ2n) is 3.49. The zero-order valence-electron chi connectivity index (χ0n) is 6.98. The molecule has 1 atom stereocenters. The van der Waals surface area contributed by atoms with Crippen LogP contribution in [0.4, 0.5) is 0 Å². The summed E-state index contributed by atoms with van der Waals surface area (Å²) in [5, 5.41) is 3.42. The van der Waals surface area contributed by atoms with Crippen LogP contribution in [0.5, 0.6) is 0 Å². The lowest BCUT2D eigenvalue weighted by molar-refractivity contribution is 0.361. The molecular weight excluding hydrogens is 122 g/mol. The first-order chi connectivity index (χ1) is 4.70. The molecule has 1 N–H and O–H groups in total. The molecule has 1 saturated heterocycles. The second-order valence-corrected chi connectivity index (χ2v) is 3.49. The summed E-state index contributed by atoms with van der Waals surface area (Å²) >= 11 is 0. The Morgan fingerprint density at radius 3 is 2.70 bits per heavy atom. The fourth-order valence-corrected chi connectivity index (χ4v) is 1.44. The summed E-state index contributed by atoms with van der Waals surface area (Å²) in [5.41, 5.74) is 1.23. The minimum absolute atomic E-state index is 0.682. The maximum atomic E-state index is 3.94. The Morgan fingerprint density at radius 1 is 1.60 bits per heavy atom. The Balaban J connectivity index is 2.39. The Bertz CT molecular complexity index is 127. The van der Waals surface area contributed by atoms with Crippen LogP contribution in [0.15, 0.2) is 12.3 Å². The normalized spacial score (nSPS) is 26.7. The summed E-state index contributed by atoms with van der Waals surface area (Å²) < 4.78 is 0. The molecular formula is C9H17N. The highest BCUT2D eigenvalue weighted by Gasteiger charge is 2.16. The van der Waals surface area contributed by atoms with Crippen molar-refractivity contribution in [2.24, 2.45) is 5.92 Å². The van der Waals surface area contributed by atoms with Crippen molar-refractivity contribution in [3.05, 3.63) is 12.3 Å². The summed E-state index contributed by atoms with van der Waals surface area (Å²) in [6.45, 7) is 8.46. The summed E-state index contributed by atoms with van der Waals surface area (Å²) in [6.07, 6.45) is 3.80. The van der Waals surface area contributed by atoms with Gasteiger partial charge >= 0.3 is 0 Å². The van der Waals surface area contributed by atoms with Crippen molar-refractivity contribution in [2.75, 3.05) is 0 Å². The average molecular weight is 139 g/mol. The lowest BCUT2D eigenvalue weighted by Gasteiger charge is -2.29. The zero-order valence-corrected chi connectivity index (χ0v) is 6.98. The molecule has 1 heterocycles. The molecule has 0 aromatic carbocycles. The van der Waals surface area contributed by atoms with E-state index in [-0.39, 0.29) is 0 Å². The van der Waals surface area contributed by atoms with Crippen LogP contribution < -0.4 is 5.32 Å². The maximum Gasteiger partial charge on any atom is 0.0281 e. The quantitative estimate of drug-likeness (QED) is 0.587. The van der Waals surface area contributed by atoms with Crippen LogP contribution in [-0.2, 0) is 0 Å². The van der Waals surface area contributed by atoms with Gasteiger partial charge in [0, 0.05) is 11.7 Å². The van der Waals surface area contributed by atoms with Crippen molar-refractivity contribution in [3.63, 3.8) is 0 Å². The largest absolute Gasteiger partial charge is 0.386 e. The molecule has 0 aromatic rings. The fraction of sp³-hybridized carbons (Fsp3) is 0.778. The molecule has 1 aliphatic heterocycles. The predicted octanol–water partition coefficient (Wildman–Crippen LogP) is 2.30. The van der Waals surface area contributed by atoms with Crippen molar-refractivity contribution in [2.45, 2.75) is 39.2 Å². The molecule has 0 bridgehead atoms. The van der Waals surface area contributed by atoms with Gasteiger partial charge in [-0.15, -0.1) is 0 Å². The topological polar surface area (TPSA) is 12.0 Å². The van der Waals surface area contributed by atoms with E-state index in [1.807, 2.05) is 0 Å². The van der Waals surface area contributed by atoms with Gasteiger partial charge in [-0.05, 0) is 25.2 Å². The van der Waals surface area contributed by atoms with Crippen LogP contribution in [-0.4, -0.2) is 6.04 Å². The van der Waals surface area contributed by atoms with E-state index in [0.717, 1.165) is 5.92 Å². The third kappa shape index (κ3) is 1.76. The molecule has 1 aliphatic rings. The van der Waals surface area contributed by atoms with E-state index in [1.54, 1.807) is 0 Å². The van der Waals surface area contributed by atoms with E-state index >= 15 is 0 Å². The van der Waals surface area contributed by atoms with Crippen LogP contribution in [0.25, 0.3) is 0 Å². The third-order valence-electron chi connectivity index (χ3n) is 2.19. The van der Waals surface area contributed by atoms with Gasteiger partial charge in [-0.3, -0.25) is 0 Å². The maximum absolute atomic E-state index is 3.94. The molecule has 0 spiro atoms. The molecule has 0 aromatic heterocycles. The monoisotopic (exact) mass is 139 g/mol. The van der Waals surface area contributed by atoms with Crippen molar-refractivity contribution in [3.8, 4) is 0 Å². The van der Waals surface area contributed by atoms with Crippen LogP contribution >= 0.6 is 0 Å². The minimum Gasteiger partial charge on any atom is -0.386 e. The predicted molar refractivity (Wildman–Crippen MR) is 44.8 cm³/mol. The van der Waals surface area contributed by atoms with Crippen LogP contribution in [0.2, 0.25) is 0 Å². The van der Waals surface area contributed by atoms with Gasteiger partial charge < -0.3 is 5.32 Å². The van der Waals surface area contributed by atoms with Gasteiger partial charge in [-0.25, -0.2) is 0 Å². The van der Waals surface area contributed by atoms with Gasteiger partial charge in [0.1, 0.15) is 0 Å². The molecule has 1 fully saturated rings. The van der Waals surface area contributed by atoms with Gasteiger partial charge in [0.05, 0.1) is 0 Å². The first kappa shape index (κ1) is 7.64. The molecule has 0 radical (unpaired) electrons. The molecule has 58 valence electrons. The second kappa shape index (κ2) is 3.09. The number of piperidine rings is 1. The molecule has 1 rings (SSSR count). The smallest absolute Gasteiger partial charge is 0.0281 e. The molecule has 1 heteroatoms. The number of hydrogen-bond donors (Lipinski definition) is 1. The van der Waals surface area contributed by atoms with Crippen molar-refractivity contribution in [1.82, 2.24) is 5.32 Å². The van der Waals surface area contributed by atoms with Crippen molar-refractivity contribution in [1.29, 1.82) is 0 Å².